The second-order valence-corrected chi connectivity index (χ2v) is 6.87. The molecule has 0 saturated carbocycles. The van der Waals surface area contributed by atoms with Gasteiger partial charge in [0.15, 0.2) is 0 Å². The monoisotopic (exact) mass is 425 g/mol. The number of hydrogen-bond acceptors (Lipinski definition) is 7. The third-order valence-electron chi connectivity index (χ3n) is 3.69. The maximum atomic E-state index is 12.6. The zero-order chi connectivity index (χ0) is 21.0. The molecule has 2 rings (SSSR count). The van der Waals surface area contributed by atoms with Crippen molar-refractivity contribution in [3.63, 3.8) is 0 Å². The van der Waals surface area contributed by atoms with Gasteiger partial charge in [-0.1, -0.05) is 11.6 Å². The highest BCUT2D eigenvalue weighted by Crippen LogP contribution is 2.34. The van der Waals surface area contributed by atoms with E-state index in [-0.39, 0.29) is 32.6 Å². The highest BCUT2D eigenvalue weighted by atomic mass is 35.5. The highest BCUT2D eigenvalue weighted by Gasteiger charge is 2.27. The Morgan fingerprint density at radius 3 is 2.54 bits per heavy atom. The molecule has 2 amide bonds. The number of benzene rings is 1. The van der Waals surface area contributed by atoms with Gasteiger partial charge in [-0.2, -0.15) is 0 Å². The molecule has 0 atom stereocenters. The lowest BCUT2D eigenvalue weighted by molar-refractivity contribution is -0.384. The molecule has 0 aliphatic carbocycles. The van der Waals surface area contributed by atoms with Crippen LogP contribution >= 0.6 is 22.9 Å². The van der Waals surface area contributed by atoms with Crippen LogP contribution in [0.1, 0.15) is 42.9 Å². The van der Waals surface area contributed by atoms with Crippen LogP contribution in [-0.2, 0) is 4.74 Å². The molecule has 2 N–H and O–H groups in total. The van der Waals surface area contributed by atoms with Gasteiger partial charge in [-0.25, -0.2) is 4.79 Å². The van der Waals surface area contributed by atoms with Crippen molar-refractivity contribution in [2.75, 3.05) is 19.0 Å². The zero-order valence-corrected chi connectivity index (χ0v) is 16.7. The Labute approximate surface area is 168 Å². The number of carbonyl (C=O) groups is 3. The lowest BCUT2D eigenvalue weighted by Crippen LogP contribution is -2.18. The Morgan fingerprint density at radius 1 is 1.29 bits per heavy atom. The van der Waals surface area contributed by atoms with Gasteiger partial charge in [0.2, 0.25) is 0 Å². The smallest absolute Gasteiger partial charge is 0.341 e. The van der Waals surface area contributed by atoms with Crippen LogP contribution in [0.2, 0.25) is 5.02 Å². The first kappa shape index (κ1) is 21.3. The van der Waals surface area contributed by atoms with Gasteiger partial charge in [0.25, 0.3) is 17.5 Å². The second kappa shape index (κ2) is 8.81. The van der Waals surface area contributed by atoms with Gasteiger partial charge in [0.05, 0.1) is 22.0 Å². The summed E-state index contributed by atoms with van der Waals surface area (Å²) in [4.78, 5) is 47.5. The number of nitrogens with one attached hydrogen (secondary N) is 2. The Hall–Kier alpha value is -2.98. The normalized spacial score (nSPS) is 10.3. The highest BCUT2D eigenvalue weighted by molar-refractivity contribution is 7.18. The van der Waals surface area contributed by atoms with E-state index in [1.165, 1.54) is 19.2 Å². The van der Waals surface area contributed by atoms with Gasteiger partial charge in [-0.15, -0.1) is 11.3 Å². The number of esters is 1. The molecule has 0 spiro atoms. The van der Waals surface area contributed by atoms with Gasteiger partial charge in [0, 0.05) is 18.7 Å². The molecule has 0 unspecified atom stereocenters. The van der Waals surface area contributed by atoms with Crippen LogP contribution in [0.15, 0.2) is 18.2 Å². The summed E-state index contributed by atoms with van der Waals surface area (Å²) in [5.41, 5.74) is -0.0331. The number of hydrogen-bond donors (Lipinski definition) is 2. The number of halogens is 1. The molecule has 9 nitrogen and oxygen atoms in total. The van der Waals surface area contributed by atoms with Crippen molar-refractivity contribution < 1.29 is 24.0 Å². The minimum Gasteiger partial charge on any atom is -0.462 e. The minimum absolute atomic E-state index is 0.0292. The molecule has 1 aromatic heterocycles. The number of rotatable bonds is 6. The molecule has 11 heteroatoms. The number of nitro benzene ring substituents is 1. The van der Waals surface area contributed by atoms with E-state index in [0.29, 0.717) is 5.56 Å². The predicted molar refractivity (Wildman–Crippen MR) is 104 cm³/mol. The molecule has 0 radical (unpaired) electrons. The van der Waals surface area contributed by atoms with Crippen molar-refractivity contribution in [2.45, 2.75) is 13.8 Å². The molecule has 1 aromatic carbocycles. The Bertz CT molecular complexity index is 972. The van der Waals surface area contributed by atoms with Crippen molar-refractivity contribution >= 4 is 51.4 Å². The molecule has 0 fully saturated rings. The summed E-state index contributed by atoms with van der Waals surface area (Å²) in [6.45, 7) is 3.31. The van der Waals surface area contributed by atoms with Crippen LogP contribution in [0, 0.1) is 17.0 Å². The second-order valence-electron chi connectivity index (χ2n) is 5.44. The van der Waals surface area contributed by atoms with Crippen molar-refractivity contribution in [2.24, 2.45) is 0 Å². The van der Waals surface area contributed by atoms with Crippen molar-refractivity contribution in [1.29, 1.82) is 0 Å². The fourth-order valence-electron chi connectivity index (χ4n) is 2.35. The number of thiophene rings is 1. The molecular formula is C17H16ClN3O6S. The van der Waals surface area contributed by atoms with Crippen LogP contribution < -0.4 is 10.6 Å². The maximum absolute atomic E-state index is 12.6. The minimum atomic E-state index is -0.706. The SMILES string of the molecule is CCOC(=O)c1c(NC(=O)c2ccc(Cl)c([N+](=O)[O-])c2)sc(C(=O)NC)c1C. The van der Waals surface area contributed by atoms with E-state index in [1.807, 2.05) is 0 Å². The molecule has 2 aromatic rings. The van der Waals surface area contributed by atoms with E-state index >= 15 is 0 Å². The number of nitrogens with zero attached hydrogens (tertiary/aromatic N) is 1. The van der Waals surface area contributed by atoms with Crippen LogP contribution in [0.5, 0.6) is 0 Å². The quantitative estimate of drug-likeness (QED) is 0.414. The number of amides is 2. The van der Waals surface area contributed by atoms with Gasteiger partial charge in [0.1, 0.15) is 10.0 Å². The summed E-state index contributed by atoms with van der Waals surface area (Å²) in [7, 11) is 1.44. The van der Waals surface area contributed by atoms with E-state index < -0.39 is 28.4 Å². The first-order valence-corrected chi connectivity index (χ1v) is 9.18. The topological polar surface area (TPSA) is 128 Å². The maximum Gasteiger partial charge on any atom is 0.341 e. The van der Waals surface area contributed by atoms with Crippen LogP contribution in [0.4, 0.5) is 10.7 Å². The fourth-order valence-corrected chi connectivity index (χ4v) is 3.67. The standard InChI is InChI=1S/C17H16ClN3O6S/c1-4-27-17(24)12-8(2)13(15(23)19-3)28-16(12)20-14(22)9-5-6-10(18)11(7-9)21(25)26/h5-7H,4H2,1-3H3,(H,19,23)(H,20,22). The molecule has 0 bridgehead atoms. The summed E-state index contributed by atoms with van der Waals surface area (Å²) >= 11 is 6.66. The largest absolute Gasteiger partial charge is 0.462 e. The summed E-state index contributed by atoms with van der Waals surface area (Å²) < 4.78 is 5.01. The van der Waals surface area contributed by atoms with E-state index in [1.54, 1.807) is 13.8 Å². The predicted octanol–water partition coefficient (Wildman–Crippen LogP) is 3.41. The lowest BCUT2D eigenvalue weighted by Gasteiger charge is -2.07. The van der Waals surface area contributed by atoms with E-state index in [9.17, 15) is 24.5 Å². The molecule has 1 heterocycles. The zero-order valence-electron chi connectivity index (χ0n) is 15.1. The fraction of sp³-hybridized carbons (Fsp3) is 0.235. The Morgan fingerprint density at radius 2 is 1.96 bits per heavy atom. The average Bonchev–Trinajstić information content (AvgIpc) is 2.97. The van der Waals surface area contributed by atoms with E-state index in [4.69, 9.17) is 16.3 Å². The average molecular weight is 426 g/mol. The summed E-state index contributed by atoms with van der Waals surface area (Å²) in [6.07, 6.45) is 0. The van der Waals surface area contributed by atoms with Gasteiger partial charge in [-0.05, 0) is 31.5 Å². The van der Waals surface area contributed by atoms with Crippen LogP contribution in [-0.4, -0.2) is 36.4 Å². The number of ether oxygens (including phenoxy) is 1. The summed E-state index contributed by atoms with van der Waals surface area (Å²) in [5.74, 6) is -1.81. The summed E-state index contributed by atoms with van der Waals surface area (Å²) in [5, 5.41) is 16.0. The number of nitro groups is 1. The van der Waals surface area contributed by atoms with Crippen LogP contribution in [0.3, 0.4) is 0 Å². The first-order chi connectivity index (χ1) is 13.2. The van der Waals surface area contributed by atoms with E-state index in [0.717, 1.165) is 17.4 Å². The summed E-state index contributed by atoms with van der Waals surface area (Å²) in [6, 6.07) is 3.58. The molecule has 28 heavy (non-hydrogen) atoms. The van der Waals surface area contributed by atoms with Crippen molar-refractivity contribution in [3.05, 3.63) is 54.9 Å². The van der Waals surface area contributed by atoms with Crippen LogP contribution in [0.25, 0.3) is 0 Å². The molecule has 148 valence electrons. The molecular weight excluding hydrogens is 410 g/mol. The van der Waals surface area contributed by atoms with E-state index in [2.05, 4.69) is 10.6 Å². The number of anilines is 1. The molecule has 0 aliphatic rings. The number of carbonyl (C=O) groups excluding carboxylic acids is 3. The third-order valence-corrected chi connectivity index (χ3v) is 5.22. The van der Waals surface area contributed by atoms with Gasteiger partial charge in [-0.3, -0.25) is 19.7 Å². The van der Waals surface area contributed by atoms with Crippen molar-refractivity contribution in [3.8, 4) is 0 Å². The lowest BCUT2D eigenvalue weighted by atomic mass is 10.1. The Balaban J connectivity index is 2.46. The van der Waals surface area contributed by atoms with Gasteiger partial charge >= 0.3 is 5.97 Å². The molecule has 0 aliphatic heterocycles. The third kappa shape index (κ3) is 4.29. The Kier molecular flexibility index (Phi) is 6.71. The van der Waals surface area contributed by atoms with Crippen molar-refractivity contribution in [1.82, 2.24) is 5.32 Å². The first-order valence-electron chi connectivity index (χ1n) is 7.99. The van der Waals surface area contributed by atoms with Gasteiger partial charge < -0.3 is 15.4 Å². The molecule has 0 saturated heterocycles.